The molecule has 2 aromatic carbocycles. The summed E-state index contributed by atoms with van der Waals surface area (Å²) in [5.74, 6) is -2.12. The first kappa shape index (κ1) is 34.9. The molecule has 1 aliphatic rings. The summed E-state index contributed by atoms with van der Waals surface area (Å²) in [6, 6.07) is 17.8. The van der Waals surface area contributed by atoms with E-state index in [4.69, 9.17) is 23.7 Å². The van der Waals surface area contributed by atoms with Crippen molar-refractivity contribution in [1.29, 1.82) is 0 Å². The van der Waals surface area contributed by atoms with Gasteiger partial charge in [-0.3, -0.25) is 19.2 Å². The zero-order chi connectivity index (χ0) is 32.9. The molecule has 0 amide bonds. The smallest absolute Gasteiger partial charge is 0.311 e. The lowest BCUT2D eigenvalue weighted by molar-refractivity contribution is -0.254. The number of Topliss-reactive ketones (excluding diaryl/α,β-unsaturated/α-hetero) is 1. The van der Waals surface area contributed by atoms with Crippen LogP contribution in [0.1, 0.15) is 78.2 Å². The zero-order valence-electron chi connectivity index (χ0n) is 27.2. The molecule has 0 unspecified atom stereocenters. The van der Waals surface area contributed by atoms with Crippen LogP contribution < -0.4 is 0 Å². The lowest BCUT2D eigenvalue weighted by Gasteiger charge is -2.45. The van der Waals surface area contributed by atoms with Gasteiger partial charge in [0.15, 0.2) is 24.1 Å². The fourth-order valence-corrected chi connectivity index (χ4v) is 4.23. The molecule has 0 aromatic heterocycles. The molecule has 1 aliphatic heterocycles. The van der Waals surface area contributed by atoms with Crippen molar-refractivity contribution in [3.8, 4) is 0 Å². The van der Waals surface area contributed by atoms with Gasteiger partial charge in [0.05, 0.1) is 22.9 Å². The summed E-state index contributed by atoms with van der Waals surface area (Å²) in [6.07, 6.45) is -6.16. The third-order valence-electron chi connectivity index (χ3n) is 6.94. The summed E-state index contributed by atoms with van der Waals surface area (Å²) in [4.78, 5) is 53.5. The van der Waals surface area contributed by atoms with Crippen LogP contribution in [0.15, 0.2) is 60.7 Å². The second-order valence-corrected chi connectivity index (χ2v) is 14.2. The van der Waals surface area contributed by atoms with Crippen molar-refractivity contribution >= 4 is 23.7 Å². The summed E-state index contributed by atoms with van der Waals surface area (Å²) < 4.78 is 30.4. The number of hydrogen-bond acceptors (Lipinski definition) is 9. The van der Waals surface area contributed by atoms with E-state index in [2.05, 4.69) is 0 Å². The molecule has 1 fully saturated rings. The number of hydrogen-bond donors (Lipinski definition) is 0. The average Bonchev–Trinajstić information content (AvgIpc) is 2.95. The Bertz CT molecular complexity index is 1280. The maximum Gasteiger partial charge on any atom is 0.311 e. The Balaban J connectivity index is 2.14. The molecule has 240 valence electrons. The van der Waals surface area contributed by atoms with E-state index in [1.165, 1.54) is 0 Å². The zero-order valence-corrected chi connectivity index (χ0v) is 27.2. The predicted molar refractivity (Wildman–Crippen MR) is 164 cm³/mol. The van der Waals surface area contributed by atoms with Crippen LogP contribution in [0.2, 0.25) is 0 Å². The lowest BCUT2D eigenvalue weighted by atomic mass is 9.88. The number of rotatable bonds is 9. The minimum atomic E-state index is -1.29. The number of carbonyl (C=O) groups is 4. The third kappa shape index (κ3) is 9.22. The van der Waals surface area contributed by atoms with Gasteiger partial charge >= 0.3 is 17.9 Å². The fraction of sp³-hybridized carbons (Fsp3) is 0.543. The largest absolute Gasteiger partial charge is 0.462 e. The van der Waals surface area contributed by atoms with Crippen LogP contribution >= 0.6 is 0 Å². The van der Waals surface area contributed by atoms with Gasteiger partial charge in [-0.1, -0.05) is 60.7 Å². The van der Waals surface area contributed by atoms with E-state index in [0.717, 1.165) is 5.56 Å². The Hall–Kier alpha value is -3.56. The van der Waals surface area contributed by atoms with Gasteiger partial charge in [0.2, 0.25) is 0 Å². The number of ether oxygens (including phenoxy) is 5. The summed E-state index contributed by atoms with van der Waals surface area (Å²) in [6.45, 7) is 15.0. The molecular weight excluding hydrogens is 564 g/mol. The van der Waals surface area contributed by atoms with Crippen molar-refractivity contribution in [1.82, 2.24) is 0 Å². The monoisotopic (exact) mass is 610 g/mol. The molecule has 0 aliphatic carbocycles. The Morgan fingerprint density at radius 2 is 1.11 bits per heavy atom. The van der Waals surface area contributed by atoms with Crippen molar-refractivity contribution in [2.75, 3.05) is 6.61 Å². The normalized spacial score (nSPS) is 22.5. The molecule has 0 N–H and O–H groups in total. The molecule has 0 bridgehead atoms. The predicted octanol–water partition coefficient (Wildman–Crippen LogP) is 5.73. The van der Waals surface area contributed by atoms with Gasteiger partial charge in [0, 0.05) is 5.56 Å². The molecule has 0 spiro atoms. The first-order valence-corrected chi connectivity index (χ1v) is 14.9. The van der Waals surface area contributed by atoms with Crippen LogP contribution in [0, 0.1) is 16.2 Å². The molecule has 0 radical (unpaired) electrons. The van der Waals surface area contributed by atoms with Gasteiger partial charge in [-0.15, -0.1) is 0 Å². The molecule has 1 saturated heterocycles. The topological polar surface area (TPSA) is 114 Å². The van der Waals surface area contributed by atoms with Crippen molar-refractivity contribution in [2.24, 2.45) is 16.2 Å². The summed E-state index contributed by atoms with van der Waals surface area (Å²) >= 11 is 0. The summed E-state index contributed by atoms with van der Waals surface area (Å²) in [5.41, 5.74) is -1.53. The Kier molecular flexibility index (Phi) is 11.1. The number of benzene rings is 2. The van der Waals surface area contributed by atoms with Crippen LogP contribution in [-0.4, -0.2) is 60.8 Å². The van der Waals surface area contributed by atoms with Gasteiger partial charge < -0.3 is 23.7 Å². The Morgan fingerprint density at radius 1 is 0.636 bits per heavy atom. The minimum Gasteiger partial charge on any atom is -0.462 e. The number of esters is 3. The number of carbonyl (C=O) groups excluding carboxylic acids is 4. The van der Waals surface area contributed by atoms with E-state index in [0.29, 0.717) is 5.56 Å². The molecule has 5 atom stereocenters. The van der Waals surface area contributed by atoms with E-state index >= 15 is 0 Å². The molecule has 44 heavy (non-hydrogen) atoms. The van der Waals surface area contributed by atoms with E-state index in [1.807, 2.05) is 30.3 Å². The number of ketones is 1. The molecule has 2 aromatic rings. The summed E-state index contributed by atoms with van der Waals surface area (Å²) in [7, 11) is 0. The highest BCUT2D eigenvalue weighted by atomic mass is 16.6. The van der Waals surface area contributed by atoms with Crippen molar-refractivity contribution < 1.29 is 42.9 Å². The SMILES string of the molecule is CC(C)(C)C(=O)OC[C@H]1O[C@@H](C(=O)c2ccccc2)[C@H](OCc2ccccc2)[C@@H](OC(=O)C(C)(C)C)[C@@H]1OC(=O)C(C)(C)C. The second-order valence-electron chi connectivity index (χ2n) is 14.2. The quantitative estimate of drug-likeness (QED) is 0.200. The Morgan fingerprint density at radius 3 is 1.61 bits per heavy atom. The highest BCUT2D eigenvalue weighted by molar-refractivity contribution is 6.00. The van der Waals surface area contributed by atoms with E-state index in [-0.39, 0.29) is 13.2 Å². The first-order chi connectivity index (χ1) is 20.4. The molecule has 3 rings (SSSR count). The Labute approximate surface area is 260 Å². The maximum atomic E-state index is 14.0. The lowest BCUT2D eigenvalue weighted by Crippen LogP contribution is -2.64. The third-order valence-corrected chi connectivity index (χ3v) is 6.94. The van der Waals surface area contributed by atoms with E-state index in [9.17, 15) is 19.2 Å². The standard InChI is InChI=1S/C35H46O9/c1-33(2,3)30(37)41-21-24-26(43-31(38)34(4,5)6)29(44-32(39)35(7,8)9)28(40-20-22-16-12-10-13-17-22)27(42-24)25(36)23-18-14-11-15-19-23/h10-19,24,26-29H,20-21H2,1-9H3/t24-,26-,27+,28+,29+/m1/s1. The molecule has 9 heteroatoms. The highest BCUT2D eigenvalue weighted by Gasteiger charge is 2.54. The molecule has 9 nitrogen and oxygen atoms in total. The van der Waals surface area contributed by atoms with Crippen LogP contribution in [0.4, 0.5) is 0 Å². The fourth-order valence-electron chi connectivity index (χ4n) is 4.23. The van der Waals surface area contributed by atoms with Gasteiger partial charge in [-0.2, -0.15) is 0 Å². The van der Waals surface area contributed by atoms with E-state index < -0.39 is 70.5 Å². The molecule has 0 saturated carbocycles. The van der Waals surface area contributed by atoms with Gasteiger partial charge in [0.25, 0.3) is 0 Å². The average molecular weight is 611 g/mol. The van der Waals surface area contributed by atoms with E-state index in [1.54, 1.807) is 92.6 Å². The minimum absolute atomic E-state index is 0.0562. The van der Waals surface area contributed by atoms with Crippen molar-refractivity contribution in [2.45, 2.75) is 99.4 Å². The second kappa shape index (κ2) is 14.0. The molecular formula is C35H46O9. The van der Waals surface area contributed by atoms with Gasteiger partial charge in [-0.25, -0.2) is 0 Å². The van der Waals surface area contributed by atoms with Crippen LogP contribution in [-0.2, 0) is 44.7 Å². The highest BCUT2D eigenvalue weighted by Crippen LogP contribution is 2.34. The summed E-state index contributed by atoms with van der Waals surface area (Å²) in [5, 5.41) is 0. The van der Waals surface area contributed by atoms with Crippen LogP contribution in [0.5, 0.6) is 0 Å². The molecule has 1 heterocycles. The maximum absolute atomic E-state index is 14.0. The van der Waals surface area contributed by atoms with Gasteiger partial charge in [-0.05, 0) is 67.9 Å². The van der Waals surface area contributed by atoms with Crippen molar-refractivity contribution in [3.63, 3.8) is 0 Å². The first-order valence-electron chi connectivity index (χ1n) is 14.9. The van der Waals surface area contributed by atoms with Gasteiger partial charge in [0.1, 0.15) is 18.8 Å². The van der Waals surface area contributed by atoms with Crippen molar-refractivity contribution in [3.05, 3.63) is 71.8 Å². The van der Waals surface area contributed by atoms with Crippen LogP contribution in [0.3, 0.4) is 0 Å². The van der Waals surface area contributed by atoms with Crippen LogP contribution in [0.25, 0.3) is 0 Å².